The molecule has 0 atom stereocenters. The molecule has 3 rings (SSSR count). The third-order valence-corrected chi connectivity index (χ3v) is 3.19. The van der Waals surface area contributed by atoms with Crippen molar-refractivity contribution in [3.8, 4) is 0 Å². The lowest BCUT2D eigenvalue weighted by Crippen LogP contribution is -3.02. The summed E-state index contributed by atoms with van der Waals surface area (Å²) >= 11 is 0. The number of rotatable bonds is 3. The van der Waals surface area contributed by atoms with Crippen LogP contribution in [-0.2, 0) is 0 Å². The number of hydrogen-bond donors (Lipinski definition) is 1. The van der Waals surface area contributed by atoms with Gasteiger partial charge >= 0.3 is 0 Å². The first-order valence-corrected chi connectivity index (χ1v) is 7.98. The van der Waals surface area contributed by atoms with Gasteiger partial charge in [-0.25, -0.2) is 0 Å². The highest BCUT2D eigenvalue weighted by Gasteiger charge is 2.08. The van der Waals surface area contributed by atoms with Crippen LogP contribution in [0.25, 0.3) is 0 Å². The summed E-state index contributed by atoms with van der Waals surface area (Å²) in [7, 11) is 6.25. The third-order valence-electron chi connectivity index (χ3n) is 3.19. The maximum absolute atomic E-state index is 2.16. The van der Waals surface area contributed by atoms with Gasteiger partial charge in [0.15, 0.2) is 0 Å². The Morgan fingerprint density at radius 3 is 0.913 bits per heavy atom. The van der Waals surface area contributed by atoms with Gasteiger partial charge in [0.25, 0.3) is 0 Å². The topological polar surface area (TPSA) is 4.44 Å². The van der Waals surface area contributed by atoms with E-state index in [1.165, 1.54) is 27.5 Å². The Balaban J connectivity index is 0.000000433. The van der Waals surface area contributed by atoms with E-state index in [2.05, 4.69) is 112 Å². The van der Waals surface area contributed by atoms with Crippen molar-refractivity contribution in [1.29, 1.82) is 0 Å². The molecule has 0 aliphatic heterocycles. The first-order valence-electron chi connectivity index (χ1n) is 7.98. The molecule has 3 aromatic rings. The van der Waals surface area contributed by atoms with Crippen LogP contribution in [0.1, 0.15) is 16.7 Å². The fraction of sp³-hybridized carbons (Fsp3) is 0.136. The summed E-state index contributed by atoms with van der Waals surface area (Å²) in [6, 6.07) is 31.6. The molecular weight excluding hydrogens is 278 g/mol. The van der Waals surface area contributed by atoms with E-state index in [1.807, 2.05) is 0 Å². The highest BCUT2D eigenvalue weighted by atomic mass is 15.0. The minimum atomic E-state index is 1.25. The molecule has 0 fully saturated rings. The molecule has 0 heterocycles. The Morgan fingerprint density at radius 1 is 0.478 bits per heavy atom. The number of nitrogens with one attached hydrogen (secondary N) is 1. The number of benzene rings is 3. The second kappa shape index (κ2) is 8.82. The molecule has 23 heavy (non-hydrogen) atoms. The molecule has 0 amide bonds. The maximum atomic E-state index is 2.16. The van der Waals surface area contributed by atoms with Crippen molar-refractivity contribution in [2.45, 2.75) is 0 Å². The lowest BCUT2D eigenvalue weighted by molar-refractivity contribution is -0.836. The molecule has 118 valence electrons. The van der Waals surface area contributed by atoms with Gasteiger partial charge < -0.3 is 4.90 Å². The molecule has 1 nitrogen and oxygen atoms in total. The summed E-state index contributed by atoms with van der Waals surface area (Å²) in [6.07, 6.45) is 0. The zero-order valence-electron chi connectivity index (χ0n) is 14.2. The Morgan fingerprint density at radius 2 is 0.696 bits per heavy atom. The Bertz CT molecular complexity index is 563. The van der Waals surface area contributed by atoms with Crippen molar-refractivity contribution >= 4 is 0 Å². The van der Waals surface area contributed by atoms with Crippen LogP contribution < -0.4 is 4.90 Å². The highest BCUT2D eigenvalue weighted by molar-refractivity contribution is 5.56. The SMILES string of the molecule is C[NH+](C)C.c1ccc([C-](c2ccccc2)c2ccccc2)cc1. The van der Waals surface area contributed by atoms with Crippen LogP contribution >= 0.6 is 0 Å². The standard InChI is InChI=1S/C19H15.C3H9N/c1-4-10-16(11-5-1)19(17-12-6-2-7-13-17)18-14-8-3-9-15-18;1-4(2)3/h1-15H;1-3H3/q-1;/p+1. The van der Waals surface area contributed by atoms with Crippen molar-refractivity contribution in [3.05, 3.63) is 114 Å². The zero-order chi connectivity index (χ0) is 16.5. The first-order chi connectivity index (χ1) is 11.2. The average molecular weight is 303 g/mol. The van der Waals surface area contributed by atoms with Crippen LogP contribution in [0.3, 0.4) is 0 Å². The van der Waals surface area contributed by atoms with Crippen molar-refractivity contribution in [2.75, 3.05) is 21.1 Å². The molecule has 0 aromatic heterocycles. The summed E-state index contributed by atoms with van der Waals surface area (Å²) in [6.45, 7) is 0. The van der Waals surface area contributed by atoms with Gasteiger partial charge in [-0.3, -0.25) is 0 Å². The number of quaternary nitrogens is 1. The molecule has 0 bridgehead atoms. The zero-order valence-corrected chi connectivity index (χ0v) is 14.2. The van der Waals surface area contributed by atoms with E-state index in [0.29, 0.717) is 0 Å². The first kappa shape index (κ1) is 16.9. The molecule has 3 aromatic carbocycles. The van der Waals surface area contributed by atoms with Crippen LogP contribution in [0.15, 0.2) is 91.0 Å². The van der Waals surface area contributed by atoms with Gasteiger partial charge in [0, 0.05) is 0 Å². The molecule has 0 saturated heterocycles. The van der Waals surface area contributed by atoms with Crippen LogP contribution in [-0.4, -0.2) is 21.1 Å². The van der Waals surface area contributed by atoms with Gasteiger partial charge in [-0.15, -0.1) is 0 Å². The molecule has 0 spiro atoms. The summed E-state index contributed by atoms with van der Waals surface area (Å²) in [4.78, 5) is 1.42. The Labute approximate surface area is 140 Å². The summed E-state index contributed by atoms with van der Waals surface area (Å²) in [5.41, 5.74) is 3.75. The Hall–Kier alpha value is -2.51. The monoisotopic (exact) mass is 303 g/mol. The van der Waals surface area contributed by atoms with E-state index < -0.39 is 0 Å². The van der Waals surface area contributed by atoms with E-state index in [0.717, 1.165) is 0 Å². The minimum Gasteiger partial charge on any atom is -0.342 e. The predicted molar refractivity (Wildman–Crippen MR) is 98.6 cm³/mol. The van der Waals surface area contributed by atoms with E-state index in [9.17, 15) is 0 Å². The number of hydrogen-bond acceptors (Lipinski definition) is 0. The van der Waals surface area contributed by atoms with E-state index in [4.69, 9.17) is 0 Å². The van der Waals surface area contributed by atoms with Crippen LogP contribution in [0, 0.1) is 5.92 Å². The van der Waals surface area contributed by atoms with Gasteiger partial charge in [-0.2, -0.15) is 0 Å². The van der Waals surface area contributed by atoms with Gasteiger partial charge in [0.1, 0.15) is 0 Å². The van der Waals surface area contributed by atoms with Gasteiger partial charge in [-0.05, 0) is 0 Å². The van der Waals surface area contributed by atoms with E-state index >= 15 is 0 Å². The van der Waals surface area contributed by atoms with Crippen molar-refractivity contribution < 1.29 is 4.90 Å². The normalized spacial score (nSPS) is 9.91. The molecule has 0 aliphatic carbocycles. The lowest BCUT2D eigenvalue weighted by atomic mass is 9.85. The van der Waals surface area contributed by atoms with Crippen molar-refractivity contribution in [2.24, 2.45) is 0 Å². The fourth-order valence-electron chi connectivity index (χ4n) is 2.31. The maximum Gasteiger partial charge on any atom is 0.0661 e. The Kier molecular flexibility index (Phi) is 6.46. The summed E-state index contributed by atoms with van der Waals surface area (Å²) in [5, 5.41) is 0. The van der Waals surface area contributed by atoms with Crippen LogP contribution in [0.2, 0.25) is 0 Å². The molecule has 0 aliphatic rings. The lowest BCUT2D eigenvalue weighted by Gasteiger charge is -2.24. The second-order valence-electron chi connectivity index (χ2n) is 5.97. The van der Waals surface area contributed by atoms with Crippen molar-refractivity contribution in [1.82, 2.24) is 0 Å². The molecule has 1 heteroatoms. The van der Waals surface area contributed by atoms with Crippen molar-refractivity contribution in [3.63, 3.8) is 0 Å². The fourth-order valence-corrected chi connectivity index (χ4v) is 2.31. The summed E-state index contributed by atoms with van der Waals surface area (Å²) in [5.74, 6) is 1.28. The van der Waals surface area contributed by atoms with E-state index in [-0.39, 0.29) is 0 Å². The molecule has 1 N–H and O–H groups in total. The summed E-state index contributed by atoms with van der Waals surface area (Å²) < 4.78 is 0. The van der Waals surface area contributed by atoms with Gasteiger partial charge in [0.2, 0.25) is 0 Å². The van der Waals surface area contributed by atoms with Gasteiger partial charge in [0.05, 0.1) is 21.1 Å². The molecule has 0 saturated carbocycles. The quantitative estimate of drug-likeness (QED) is 0.558. The highest BCUT2D eigenvalue weighted by Crippen LogP contribution is 2.30. The molecule has 0 radical (unpaired) electrons. The molecular formula is C22H25N. The van der Waals surface area contributed by atoms with Crippen LogP contribution in [0.4, 0.5) is 0 Å². The smallest absolute Gasteiger partial charge is 0.0661 e. The van der Waals surface area contributed by atoms with E-state index in [1.54, 1.807) is 0 Å². The average Bonchev–Trinajstić information content (AvgIpc) is 2.58. The minimum absolute atomic E-state index is 1.25. The second-order valence-corrected chi connectivity index (χ2v) is 5.97. The van der Waals surface area contributed by atoms with Gasteiger partial charge in [-0.1, -0.05) is 114 Å². The van der Waals surface area contributed by atoms with Crippen LogP contribution in [0.5, 0.6) is 0 Å². The third kappa shape index (κ3) is 5.32. The largest absolute Gasteiger partial charge is 0.342 e. The predicted octanol–water partition coefficient (Wildman–Crippen LogP) is 3.47. The molecule has 0 unspecified atom stereocenters.